The molecule has 0 spiro atoms. The van der Waals surface area contributed by atoms with E-state index in [1.165, 1.54) is 11.3 Å². The molecule has 3 heteroatoms. The highest BCUT2D eigenvalue weighted by atomic mass is 16.2. The smallest absolute Gasteiger partial charge is 0.219 e. The zero-order valence-corrected chi connectivity index (χ0v) is 11.7. The number of carbonyl (C=O) groups excluding carboxylic acids is 1. The summed E-state index contributed by atoms with van der Waals surface area (Å²) < 4.78 is 0. The summed E-state index contributed by atoms with van der Waals surface area (Å²) in [5.74, 6) is 0.173. The molecule has 0 radical (unpaired) electrons. The lowest BCUT2D eigenvalue weighted by atomic mass is 9.97. The van der Waals surface area contributed by atoms with Gasteiger partial charge in [0.25, 0.3) is 0 Å². The van der Waals surface area contributed by atoms with Gasteiger partial charge in [-0.1, -0.05) is 12.1 Å². The summed E-state index contributed by atoms with van der Waals surface area (Å²) >= 11 is 0. The molecule has 1 aromatic rings. The van der Waals surface area contributed by atoms with E-state index in [1.807, 2.05) is 4.90 Å². The van der Waals surface area contributed by atoms with E-state index in [1.54, 1.807) is 6.92 Å². The van der Waals surface area contributed by atoms with Gasteiger partial charge in [0, 0.05) is 32.2 Å². The van der Waals surface area contributed by atoms with Crippen LogP contribution in [0.1, 0.15) is 26.3 Å². The quantitative estimate of drug-likeness (QED) is 0.760. The van der Waals surface area contributed by atoms with Gasteiger partial charge in [-0.3, -0.25) is 4.79 Å². The Balaban J connectivity index is 2.23. The van der Waals surface area contributed by atoms with Gasteiger partial charge < -0.3 is 9.80 Å². The van der Waals surface area contributed by atoms with E-state index in [4.69, 9.17) is 0 Å². The Morgan fingerprint density at radius 3 is 2.56 bits per heavy atom. The number of hydrogen-bond donors (Lipinski definition) is 0. The highest BCUT2D eigenvalue weighted by molar-refractivity contribution is 5.74. The molecule has 18 heavy (non-hydrogen) atoms. The van der Waals surface area contributed by atoms with Crippen LogP contribution in [0, 0.1) is 6.92 Å². The van der Waals surface area contributed by atoms with Crippen molar-refractivity contribution in [3.8, 4) is 0 Å². The van der Waals surface area contributed by atoms with Crippen molar-refractivity contribution in [2.24, 2.45) is 0 Å². The average molecular weight is 246 g/mol. The number of benzene rings is 1. The SMILES string of the molecule is CC(=O)N1CCN(c2cccc(C)c2)C(C)(C)C1. The number of rotatable bonds is 1. The van der Waals surface area contributed by atoms with Crippen molar-refractivity contribution in [3.05, 3.63) is 29.8 Å². The molecule has 0 unspecified atom stereocenters. The van der Waals surface area contributed by atoms with Crippen molar-refractivity contribution in [3.63, 3.8) is 0 Å². The Morgan fingerprint density at radius 2 is 2.00 bits per heavy atom. The van der Waals surface area contributed by atoms with E-state index >= 15 is 0 Å². The predicted octanol–water partition coefficient (Wildman–Crippen LogP) is 2.44. The molecule has 0 aliphatic carbocycles. The van der Waals surface area contributed by atoms with Gasteiger partial charge in [-0.05, 0) is 38.5 Å². The Kier molecular flexibility index (Phi) is 3.33. The van der Waals surface area contributed by atoms with Gasteiger partial charge in [0.1, 0.15) is 0 Å². The van der Waals surface area contributed by atoms with Gasteiger partial charge in [0.15, 0.2) is 0 Å². The van der Waals surface area contributed by atoms with E-state index < -0.39 is 0 Å². The summed E-state index contributed by atoms with van der Waals surface area (Å²) in [6.45, 7) is 10.7. The molecule has 1 fully saturated rings. The first-order chi connectivity index (χ1) is 8.40. The van der Waals surface area contributed by atoms with E-state index in [2.05, 4.69) is 49.9 Å². The van der Waals surface area contributed by atoms with Gasteiger partial charge in [0.2, 0.25) is 5.91 Å². The maximum absolute atomic E-state index is 11.5. The highest BCUT2D eigenvalue weighted by Gasteiger charge is 2.34. The third-order valence-corrected chi connectivity index (χ3v) is 3.66. The molecule has 1 saturated heterocycles. The molecular weight excluding hydrogens is 224 g/mol. The molecule has 1 heterocycles. The molecule has 2 rings (SSSR count). The second-order valence-electron chi connectivity index (χ2n) is 5.74. The number of hydrogen-bond acceptors (Lipinski definition) is 2. The summed E-state index contributed by atoms with van der Waals surface area (Å²) in [5.41, 5.74) is 2.51. The summed E-state index contributed by atoms with van der Waals surface area (Å²) in [5, 5.41) is 0. The zero-order valence-electron chi connectivity index (χ0n) is 11.7. The number of piperazine rings is 1. The third kappa shape index (κ3) is 2.50. The fraction of sp³-hybridized carbons (Fsp3) is 0.533. The van der Waals surface area contributed by atoms with Gasteiger partial charge in [-0.15, -0.1) is 0 Å². The number of anilines is 1. The molecule has 3 nitrogen and oxygen atoms in total. The minimum absolute atomic E-state index is 0.0162. The number of amides is 1. The van der Waals surface area contributed by atoms with Crippen LogP contribution in [0.2, 0.25) is 0 Å². The molecule has 0 N–H and O–H groups in total. The van der Waals surface area contributed by atoms with Crippen LogP contribution in [0.15, 0.2) is 24.3 Å². The van der Waals surface area contributed by atoms with Crippen LogP contribution in [-0.2, 0) is 4.79 Å². The fourth-order valence-corrected chi connectivity index (χ4v) is 2.70. The molecule has 0 bridgehead atoms. The van der Waals surface area contributed by atoms with Crippen LogP contribution in [0.3, 0.4) is 0 Å². The monoisotopic (exact) mass is 246 g/mol. The van der Waals surface area contributed by atoms with Crippen molar-refractivity contribution in [2.45, 2.75) is 33.2 Å². The molecule has 1 aliphatic rings. The van der Waals surface area contributed by atoms with Crippen molar-refractivity contribution >= 4 is 11.6 Å². The minimum atomic E-state index is -0.0162. The second-order valence-corrected chi connectivity index (χ2v) is 5.74. The molecule has 1 amide bonds. The fourth-order valence-electron chi connectivity index (χ4n) is 2.70. The van der Waals surface area contributed by atoms with Crippen LogP contribution in [0.5, 0.6) is 0 Å². The topological polar surface area (TPSA) is 23.6 Å². The highest BCUT2D eigenvalue weighted by Crippen LogP contribution is 2.28. The molecule has 0 atom stereocenters. The average Bonchev–Trinajstić information content (AvgIpc) is 2.27. The largest absolute Gasteiger partial charge is 0.363 e. The van der Waals surface area contributed by atoms with Gasteiger partial charge in [0.05, 0.1) is 5.54 Å². The Morgan fingerprint density at radius 1 is 1.28 bits per heavy atom. The zero-order chi connectivity index (χ0) is 13.3. The second kappa shape index (κ2) is 4.63. The van der Waals surface area contributed by atoms with E-state index in [-0.39, 0.29) is 11.4 Å². The van der Waals surface area contributed by atoms with Gasteiger partial charge in [-0.25, -0.2) is 0 Å². The van der Waals surface area contributed by atoms with E-state index in [0.717, 1.165) is 19.6 Å². The first-order valence-electron chi connectivity index (χ1n) is 6.50. The Hall–Kier alpha value is -1.51. The summed E-state index contributed by atoms with van der Waals surface area (Å²) in [7, 11) is 0. The molecule has 1 aliphatic heterocycles. The number of nitrogens with zero attached hydrogens (tertiary/aromatic N) is 2. The predicted molar refractivity (Wildman–Crippen MR) is 74.9 cm³/mol. The van der Waals surface area contributed by atoms with Crippen LogP contribution in [-0.4, -0.2) is 36.0 Å². The maximum Gasteiger partial charge on any atom is 0.219 e. The molecule has 98 valence electrons. The summed E-state index contributed by atoms with van der Waals surface area (Å²) in [4.78, 5) is 15.8. The molecule has 0 aromatic heterocycles. The number of aryl methyl sites for hydroxylation is 1. The Bertz CT molecular complexity index is 454. The Labute approximate surface area is 109 Å². The van der Waals surface area contributed by atoms with Gasteiger partial charge in [-0.2, -0.15) is 0 Å². The van der Waals surface area contributed by atoms with Crippen molar-refractivity contribution in [1.82, 2.24) is 4.90 Å². The van der Waals surface area contributed by atoms with Gasteiger partial charge >= 0.3 is 0 Å². The maximum atomic E-state index is 11.5. The normalized spacial score (nSPS) is 18.9. The van der Waals surface area contributed by atoms with Crippen molar-refractivity contribution in [2.75, 3.05) is 24.5 Å². The molecule has 0 saturated carbocycles. The van der Waals surface area contributed by atoms with Crippen molar-refractivity contribution < 1.29 is 4.79 Å². The lowest BCUT2D eigenvalue weighted by Gasteiger charge is -2.48. The standard InChI is InChI=1S/C15H22N2O/c1-12-6-5-7-14(10-12)17-9-8-16(13(2)18)11-15(17,3)4/h5-7,10H,8-9,11H2,1-4H3. The van der Waals surface area contributed by atoms with Crippen LogP contribution in [0.25, 0.3) is 0 Å². The van der Waals surface area contributed by atoms with E-state index in [0.29, 0.717) is 0 Å². The summed E-state index contributed by atoms with van der Waals surface area (Å²) in [6.07, 6.45) is 0. The lowest BCUT2D eigenvalue weighted by Crippen LogP contribution is -2.60. The first-order valence-corrected chi connectivity index (χ1v) is 6.50. The molecule has 1 aromatic carbocycles. The van der Waals surface area contributed by atoms with Crippen LogP contribution in [0.4, 0.5) is 5.69 Å². The summed E-state index contributed by atoms with van der Waals surface area (Å²) in [6, 6.07) is 8.57. The lowest BCUT2D eigenvalue weighted by molar-refractivity contribution is -0.130. The first kappa shape index (κ1) is 12.9. The van der Waals surface area contributed by atoms with Crippen molar-refractivity contribution in [1.29, 1.82) is 0 Å². The molecular formula is C15H22N2O. The minimum Gasteiger partial charge on any atom is -0.363 e. The van der Waals surface area contributed by atoms with E-state index in [9.17, 15) is 4.79 Å². The third-order valence-electron chi connectivity index (χ3n) is 3.66. The van der Waals surface area contributed by atoms with Crippen LogP contribution >= 0.6 is 0 Å². The number of carbonyl (C=O) groups is 1. The van der Waals surface area contributed by atoms with Crippen LogP contribution < -0.4 is 4.90 Å².